The molecule has 4 aromatic carbocycles. The van der Waals surface area contributed by atoms with Crippen molar-refractivity contribution in [3.05, 3.63) is 119 Å². The summed E-state index contributed by atoms with van der Waals surface area (Å²) in [5, 5.41) is 3.70. The van der Waals surface area contributed by atoms with Crippen LogP contribution in [0.2, 0.25) is 19.6 Å². The molecule has 154 valence electrons. The van der Waals surface area contributed by atoms with Gasteiger partial charge < -0.3 is 4.74 Å². The smallest absolute Gasteiger partial charge is 0.127 e. The lowest BCUT2D eigenvalue weighted by Gasteiger charge is -2.23. The molecule has 0 amide bonds. The van der Waals surface area contributed by atoms with Crippen LogP contribution >= 0.6 is 0 Å². The predicted octanol–water partition coefficient (Wildman–Crippen LogP) is 7.84. The maximum Gasteiger partial charge on any atom is 0.127 e. The van der Waals surface area contributed by atoms with Gasteiger partial charge in [0.05, 0.1) is 15.2 Å². The molecule has 0 fully saturated rings. The zero-order chi connectivity index (χ0) is 21.8. The Balaban J connectivity index is 2.16. The van der Waals surface area contributed by atoms with Crippen LogP contribution < -0.4 is 4.74 Å². The standard InChI is InChI=1S/C29H28OSi/c1-30-27-20-19-24-17-11-12-18-25(24)29(27)28(31(2,3)4)21-26(22-13-7-5-8-14-22)23-15-9-6-10-16-23/h5-20H,1-4H3. The van der Waals surface area contributed by atoms with Crippen LogP contribution in [-0.4, -0.2) is 15.2 Å². The average Bonchev–Trinajstić information content (AvgIpc) is 2.79. The van der Waals surface area contributed by atoms with E-state index in [0.717, 1.165) is 11.3 Å². The fourth-order valence-corrected chi connectivity index (χ4v) is 5.46. The van der Waals surface area contributed by atoms with Crippen molar-refractivity contribution in [3.63, 3.8) is 0 Å². The molecular formula is C29H28OSi. The predicted molar refractivity (Wildman–Crippen MR) is 136 cm³/mol. The van der Waals surface area contributed by atoms with E-state index in [4.69, 9.17) is 4.74 Å². The van der Waals surface area contributed by atoms with E-state index < -0.39 is 8.07 Å². The van der Waals surface area contributed by atoms with E-state index in [9.17, 15) is 0 Å². The van der Waals surface area contributed by atoms with Crippen molar-refractivity contribution in [3.8, 4) is 5.75 Å². The van der Waals surface area contributed by atoms with Crippen LogP contribution in [0.5, 0.6) is 5.75 Å². The first kappa shape index (κ1) is 20.9. The number of rotatable bonds is 5. The molecule has 0 aliphatic carbocycles. The normalized spacial score (nSPS) is 11.1. The minimum atomic E-state index is -1.82. The number of fused-ring (bicyclic) bond motifs is 1. The maximum absolute atomic E-state index is 5.87. The Morgan fingerprint density at radius 2 is 1.23 bits per heavy atom. The van der Waals surface area contributed by atoms with Crippen LogP contribution in [0, 0.1) is 0 Å². The maximum atomic E-state index is 5.87. The van der Waals surface area contributed by atoms with Gasteiger partial charge in [0.2, 0.25) is 0 Å². The van der Waals surface area contributed by atoms with E-state index in [1.54, 1.807) is 7.11 Å². The Hall–Kier alpha value is -3.32. The van der Waals surface area contributed by atoms with Crippen molar-refractivity contribution in [1.29, 1.82) is 0 Å². The minimum Gasteiger partial charge on any atom is -0.496 e. The summed E-state index contributed by atoms with van der Waals surface area (Å²) in [4.78, 5) is 0. The lowest BCUT2D eigenvalue weighted by Crippen LogP contribution is -2.23. The van der Waals surface area contributed by atoms with E-state index in [1.165, 1.54) is 32.7 Å². The van der Waals surface area contributed by atoms with Gasteiger partial charge in [0, 0.05) is 11.1 Å². The summed E-state index contributed by atoms with van der Waals surface area (Å²) in [5.74, 6) is 0.907. The van der Waals surface area contributed by atoms with Crippen molar-refractivity contribution in [1.82, 2.24) is 0 Å². The minimum absolute atomic E-state index is 0.907. The van der Waals surface area contributed by atoms with Crippen LogP contribution in [0.3, 0.4) is 0 Å². The van der Waals surface area contributed by atoms with Crippen molar-refractivity contribution in [2.75, 3.05) is 7.11 Å². The van der Waals surface area contributed by atoms with Gasteiger partial charge >= 0.3 is 0 Å². The molecule has 0 bridgehead atoms. The van der Waals surface area contributed by atoms with E-state index >= 15 is 0 Å². The number of hydrogen-bond donors (Lipinski definition) is 0. The van der Waals surface area contributed by atoms with Crippen LogP contribution in [0.15, 0.2) is 103 Å². The third kappa shape index (κ3) is 4.41. The summed E-state index contributed by atoms with van der Waals surface area (Å²) in [6.07, 6.45) is 0. The van der Waals surface area contributed by atoms with Gasteiger partial charge in [-0.25, -0.2) is 0 Å². The third-order valence-electron chi connectivity index (χ3n) is 5.49. The van der Waals surface area contributed by atoms with E-state index in [2.05, 4.69) is 122 Å². The summed E-state index contributed by atoms with van der Waals surface area (Å²) in [7, 11) is -0.0578. The van der Waals surface area contributed by atoms with Crippen molar-refractivity contribution >= 4 is 29.6 Å². The summed E-state index contributed by atoms with van der Waals surface area (Å²) < 4.78 is 5.87. The van der Waals surface area contributed by atoms with Gasteiger partial charge in [-0.1, -0.05) is 111 Å². The monoisotopic (exact) mass is 420 g/mol. The molecule has 31 heavy (non-hydrogen) atoms. The first-order chi connectivity index (χ1) is 15.0. The molecular weight excluding hydrogens is 392 g/mol. The first-order valence-corrected chi connectivity index (χ1v) is 14.2. The molecule has 0 spiro atoms. The topological polar surface area (TPSA) is 9.23 Å². The summed E-state index contributed by atoms with van der Waals surface area (Å²) in [5.41, 5.74) is 8.55. The summed E-state index contributed by atoms with van der Waals surface area (Å²) in [6.45, 7) is 7.14. The SMILES string of the molecule is COc1ccc2ccccc2c1C(=C=C(c1ccccc1)c1ccccc1)[Si](C)(C)C. The fourth-order valence-electron chi connectivity index (χ4n) is 3.95. The van der Waals surface area contributed by atoms with Gasteiger partial charge in [0.15, 0.2) is 0 Å². The molecule has 0 radical (unpaired) electrons. The molecule has 0 N–H and O–H groups in total. The highest BCUT2D eigenvalue weighted by Gasteiger charge is 2.26. The molecule has 0 aliphatic heterocycles. The zero-order valence-corrected chi connectivity index (χ0v) is 19.6. The second-order valence-electron chi connectivity index (χ2n) is 8.72. The van der Waals surface area contributed by atoms with Gasteiger partial charge in [-0.15, -0.1) is 5.73 Å². The molecule has 1 nitrogen and oxygen atoms in total. The molecule has 0 atom stereocenters. The van der Waals surface area contributed by atoms with Crippen molar-refractivity contribution < 1.29 is 4.74 Å². The molecule has 0 aliphatic rings. The van der Waals surface area contributed by atoms with Gasteiger partial charge in [0.25, 0.3) is 0 Å². The van der Waals surface area contributed by atoms with E-state index in [1.807, 2.05) is 0 Å². The zero-order valence-electron chi connectivity index (χ0n) is 18.6. The van der Waals surface area contributed by atoms with Crippen molar-refractivity contribution in [2.24, 2.45) is 0 Å². The lowest BCUT2D eigenvalue weighted by molar-refractivity contribution is 0.414. The third-order valence-corrected chi connectivity index (χ3v) is 7.36. The molecule has 0 unspecified atom stereocenters. The van der Waals surface area contributed by atoms with Gasteiger partial charge in [-0.3, -0.25) is 0 Å². The van der Waals surface area contributed by atoms with Gasteiger partial charge in [0.1, 0.15) is 5.75 Å². The molecule has 4 aromatic rings. The average molecular weight is 421 g/mol. The van der Waals surface area contributed by atoms with Gasteiger partial charge in [-0.2, -0.15) is 0 Å². The Kier molecular flexibility index (Phi) is 5.95. The molecule has 0 aromatic heterocycles. The van der Waals surface area contributed by atoms with Gasteiger partial charge in [-0.05, 0) is 33.2 Å². The Morgan fingerprint density at radius 3 is 1.77 bits per heavy atom. The fraction of sp³-hybridized carbons (Fsp3) is 0.138. The molecule has 2 heteroatoms. The number of hydrogen-bond acceptors (Lipinski definition) is 1. The highest BCUT2D eigenvalue weighted by atomic mass is 28.3. The summed E-state index contributed by atoms with van der Waals surface area (Å²) >= 11 is 0. The van der Waals surface area contributed by atoms with E-state index in [-0.39, 0.29) is 0 Å². The Morgan fingerprint density at radius 1 is 0.677 bits per heavy atom. The molecule has 0 heterocycles. The van der Waals surface area contributed by atoms with Crippen LogP contribution in [0.25, 0.3) is 21.5 Å². The second kappa shape index (κ2) is 8.81. The van der Waals surface area contributed by atoms with Crippen LogP contribution in [0.4, 0.5) is 0 Å². The van der Waals surface area contributed by atoms with Crippen molar-refractivity contribution in [2.45, 2.75) is 19.6 Å². The first-order valence-electron chi connectivity index (χ1n) is 10.7. The Labute approximate surface area is 186 Å². The van der Waals surface area contributed by atoms with Crippen LogP contribution in [-0.2, 0) is 0 Å². The highest BCUT2D eigenvalue weighted by molar-refractivity contribution is 6.94. The lowest BCUT2D eigenvalue weighted by atomic mass is 9.97. The summed E-state index contributed by atoms with van der Waals surface area (Å²) in [6, 6.07) is 33.9. The quantitative estimate of drug-likeness (QED) is 0.236. The molecule has 4 rings (SSSR count). The number of ether oxygens (including phenoxy) is 1. The Bertz CT molecular complexity index is 1220. The number of methoxy groups -OCH3 is 1. The molecule has 0 saturated carbocycles. The molecule has 0 saturated heterocycles. The number of benzene rings is 4. The second-order valence-corrected chi connectivity index (χ2v) is 13.7. The largest absolute Gasteiger partial charge is 0.496 e. The van der Waals surface area contributed by atoms with Crippen LogP contribution in [0.1, 0.15) is 16.7 Å². The highest BCUT2D eigenvalue weighted by Crippen LogP contribution is 2.39. The van der Waals surface area contributed by atoms with E-state index in [0.29, 0.717) is 0 Å².